The molecule has 4 aliphatic rings. The lowest BCUT2D eigenvalue weighted by Gasteiger charge is -2.38. The van der Waals surface area contributed by atoms with Gasteiger partial charge in [-0.05, 0) is 94.5 Å². The summed E-state index contributed by atoms with van der Waals surface area (Å²) in [6.45, 7) is 14.0. The Morgan fingerprint density at radius 1 is 1.16 bits per heavy atom. The topological polar surface area (TPSA) is 15.3 Å². The van der Waals surface area contributed by atoms with Gasteiger partial charge >= 0.3 is 0 Å². The molecular weight excluding hydrogens is 492 g/mol. The van der Waals surface area contributed by atoms with Crippen LogP contribution in [0.5, 0.6) is 0 Å². The SMILES string of the molecule is C#C.C=CNC1(C)CCC1.CCC1N(CC)c2sc3c(c2C(c2ccccc2Cl)=CC12CC2)C[C@H](C)C3. The van der Waals surface area contributed by atoms with Crippen LogP contribution >= 0.6 is 22.9 Å². The highest BCUT2D eigenvalue weighted by atomic mass is 35.5. The fourth-order valence-corrected chi connectivity index (χ4v) is 8.46. The molecule has 198 valence electrons. The predicted molar refractivity (Wildman–Crippen MR) is 164 cm³/mol. The van der Waals surface area contributed by atoms with Crippen molar-refractivity contribution in [1.29, 1.82) is 0 Å². The fourth-order valence-electron chi connectivity index (χ4n) is 6.61. The molecule has 1 aliphatic heterocycles. The molecule has 0 saturated heterocycles. The number of nitrogens with zero attached hydrogens (tertiary/aromatic N) is 1. The molecule has 3 aliphatic carbocycles. The number of hydrogen-bond donors (Lipinski definition) is 1. The minimum absolute atomic E-state index is 0.328. The van der Waals surface area contributed by atoms with E-state index in [1.165, 1.54) is 73.1 Å². The van der Waals surface area contributed by atoms with Crippen LogP contribution in [-0.2, 0) is 12.8 Å². The van der Waals surface area contributed by atoms with E-state index >= 15 is 0 Å². The first-order valence-corrected chi connectivity index (χ1v) is 15.2. The molecule has 1 spiro atoms. The number of rotatable bonds is 5. The van der Waals surface area contributed by atoms with Crippen LogP contribution in [-0.4, -0.2) is 18.1 Å². The van der Waals surface area contributed by atoms with Crippen molar-refractivity contribution < 1.29 is 0 Å². The number of fused-ring (bicyclic) bond motifs is 3. The van der Waals surface area contributed by atoms with Crippen LogP contribution in [0.15, 0.2) is 43.1 Å². The Morgan fingerprint density at radius 3 is 2.38 bits per heavy atom. The third-order valence-electron chi connectivity index (χ3n) is 8.79. The average Bonchev–Trinajstić information content (AvgIpc) is 3.47. The van der Waals surface area contributed by atoms with Gasteiger partial charge in [-0.15, -0.1) is 24.2 Å². The Morgan fingerprint density at radius 2 is 1.86 bits per heavy atom. The van der Waals surface area contributed by atoms with Crippen molar-refractivity contribution in [2.75, 3.05) is 11.4 Å². The normalized spacial score (nSPS) is 23.5. The molecule has 2 nitrogen and oxygen atoms in total. The van der Waals surface area contributed by atoms with E-state index in [1.807, 2.05) is 12.1 Å². The van der Waals surface area contributed by atoms with E-state index in [2.05, 4.69) is 86.9 Å². The Kier molecular flexibility index (Phi) is 8.51. The van der Waals surface area contributed by atoms with Crippen LogP contribution in [0.25, 0.3) is 5.57 Å². The smallest absolute Gasteiger partial charge is 0.0996 e. The molecule has 2 heterocycles. The first-order valence-electron chi connectivity index (χ1n) is 14.0. The minimum atomic E-state index is 0.328. The Hall–Kier alpha value is -2.15. The summed E-state index contributed by atoms with van der Waals surface area (Å²) in [5, 5.41) is 5.62. The second-order valence-corrected chi connectivity index (χ2v) is 12.9. The molecule has 0 bridgehead atoms. The maximum atomic E-state index is 6.73. The zero-order valence-corrected chi connectivity index (χ0v) is 24.7. The van der Waals surface area contributed by atoms with Gasteiger partial charge in [-0.25, -0.2) is 0 Å². The van der Waals surface area contributed by atoms with Crippen LogP contribution in [0, 0.1) is 24.2 Å². The van der Waals surface area contributed by atoms with E-state index in [-0.39, 0.29) is 0 Å². The standard InChI is InChI=1S/C24H28ClNS.C7H13N.C2H2/c1-4-21-24(10-11-24)14-18(16-8-6-7-9-19(16)25)22-17-12-15(3)13-20(17)27-23(22)26(21)5-2;1-3-8-7(2)5-4-6-7;1-2/h6-9,14-15,21H,4-5,10-13H2,1-3H3;3,8H,1,4-6H2,2H3;1-2H/t15-,21?;;/m0../s1. The monoisotopic (exact) mass is 534 g/mol. The van der Waals surface area contributed by atoms with Crippen LogP contribution in [0.1, 0.15) is 87.8 Å². The highest BCUT2D eigenvalue weighted by molar-refractivity contribution is 7.16. The third kappa shape index (κ3) is 5.25. The van der Waals surface area contributed by atoms with E-state index in [4.69, 9.17) is 11.6 Å². The summed E-state index contributed by atoms with van der Waals surface area (Å²) in [7, 11) is 0. The molecule has 6 rings (SSSR count). The molecular formula is C33H43ClN2S. The molecule has 37 heavy (non-hydrogen) atoms. The Balaban J connectivity index is 0.000000272. The van der Waals surface area contributed by atoms with Gasteiger partial charge in [-0.3, -0.25) is 0 Å². The van der Waals surface area contributed by atoms with Gasteiger partial charge in [0.05, 0.1) is 5.00 Å². The van der Waals surface area contributed by atoms with Crippen molar-refractivity contribution in [3.8, 4) is 12.8 Å². The summed E-state index contributed by atoms with van der Waals surface area (Å²) >= 11 is 8.80. The second kappa shape index (κ2) is 11.3. The minimum Gasteiger partial charge on any atom is -0.386 e. The third-order valence-corrected chi connectivity index (χ3v) is 10.4. The second-order valence-electron chi connectivity index (χ2n) is 11.4. The van der Waals surface area contributed by atoms with E-state index < -0.39 is 0 Å². The lowest BCUT2D eigenvalue weighted by atomic mass is 9.79. The maximum absolute atomic E-state index is 6.73. The van der Waals surface area contributed by atoms with Gasteiger partial charge in [0.25, 0.3) is 0 Å². The van der Waals surface area contributed by atoms with Crippen LogP contribution < -0.4 is 10.2 Å². The molecule has 4 heteroatoms. The van der Waals surface area contributed by atoms with Gasteiger partial charge in [0.1, 0.15) is 0 Å². The van der Waals surface area contributed by atoms with Crippen molar-refractivity contribution >= 4 is 33.5 Å². The summed E-state index contributed by atoms with van der Waals surface area (Å²) in [5.41, 5.74) is 6.49. The van der Waals surface area contributed by atoms with E-state index in [0.717, 1.165) is 17.5 Å². The van der Waals surface area contributed by atoms with Gasteiger partial charge < -0.3 is 10.2 Å². The zero-order chi connectivity index (χ0) is 26.8. The van der Waals surface area contributed by atoms with E-state index in [0.29, 0.717) is 17.0 Å². The maximum Gasteiger partial charge on any atom is 0.0996 e. The van der Waals surface area contributed by atoms with E-state index in [1.54, 1.807) is 16.6 Å². The van der Waals surface area contributed by atoms with Crippen molar-refractivity contribution in [2.24, 2.45) is 11.3 Å². The molecule has 2 atom stereocenters. The fraction of sp³-hybridized carbons (Fsp3) is 0.515. The highest BCUT2D eigenvalue weighted by Crippen LogP contribution is 2.60. The molecule has 0 amide bonds. The molecule has 2 saturated carbocycles. The lowest BCUT2D eigenvalue weighted by molar-refractivity contribution is 0.235. The van der Waals surface area contributed by atoms with Crippen LogP contribution in [0.2, 0.25) is 5.02 Å². The number of nitrogens with one attached hydrogen (secondary N) is 1. The molecule has 1 aromatic carbocycles. The summed E-state index contributed by atoms with van der Waals surface area (Å²) in [5.74, 6) is 0.763. The average molecular weight is 535 g/mol. The van der Waals surface area contributed by atoms with Gasteiger partial charge in [0, 0.05) is 44.6 Å². The molecule has 2 aromatic rings. The zero-order valence-electron chi connectivity index (χ0n) is 23.1. The first kappa shape index (κ1) is 27.9. The molecule has 1 unspecified atom stereocenters. The number of hydrogen-bond acceptors (Lipinski definition) is 3. The quantitative estimate of drug-likeness (QED) is 0.385. The summed E-state index contributed by atoms with van der Waals surface area (Å²) < 4.78 is 0. The van der Waals surface area contributed by atoms with Gasteiger partial charge in [-0.2, -0.15) is 0 Å². The van der Waals surface area contributed by atoms with Gasteiger partial charge in [-0.1, -0.05) is 56.3 Å². The number of anilines is 1. The largest absolute Gasteiger partial charge is 0.386 e. The lowest BCUT2D eigenvalue weighted by Crippen LogP contribution is -2.45. The molecule has 1 aromatic heterocycles. The van der Waals surface area contributed by atoms with Crippen molar-refractivity contribution in [1.82, 2.24) is 5.32 Å². The van der Waals surface area contributed by atoms with Crippen molar-refractivity contribution in [3.63, 3.8) is 0 Å². The molecule has 1 N–H and O–H groups in total. The van der Waals surface area contributed by atoms with Crippen molar-refractivity contribution in [2.45, 2.75) is 90.6 Å². The highest BCUT2D eigenvalue weighted by Gasteiger charge is 2.52. The number of thiophene rings is 1. The Bertz CT molecular complexity index is 1160. The van der Waals surface area contributed by atoms with Gasteiger partial charge in [0.2, 0.25) is 0 Å². The van der Waals surface area contributed by atoms with E-state index in [9.17, 15) is 0 Å². The molecule has 0 radical (unpaired) electrons. The number of benzene rings is 1. The first-order chi connectivity index (χ1) is 17.8. The van der Waals surface area contributed by atoms with Crippen molar-refractivity contribution in [3.05, 3.63) is 69.7 Å². The number of terminal acetylenes is 1. The van der Waals surface area contributed by atoms with Gasteiger partial charge in [0.15, 0.2) is 0 Å². The van der Waals surface area contributed by atoms with Crippen LogP contribution in [0.3, 0.4) is 0 Å². The number of halogens is 1. The summed E-state index contributed by atoms with van der Waals surface area (Å²) in [6, 6.07) is 9.06. The summed E-state index contributed by atoms with van der Waals surface area (Å²) in [6.07, 6.45) is 22.7. The van der Waals surface area contributed by atoms with Crippen LogP contribution in [0.4, 0.5) is 5.00 Å². The predicted octanol–water partition coefficient (Wildman–Crippen LogP) is 8.88. The summed E-state index contributed by atoms with van der Waals surface area (Å²) in [4.78, 5) is 4.35. The Labute approximate surface area is 234 Å². The molecule has 2 fully saturated rings.